The summed E-state index contributed by atoms with van der Waals surface area (Å²) in [5.41, 5.74) is 0.855. The molecule has 3 heterocycles. The number of nitrogens with zero attached hydrogens (tertiary/aromatic N) is 5. The lowest BCUT2D eigenvalue weighted by Gasteiger charge is -2.38. The van der Waals surface area contributed by atoms with E-state index in [-0.39, 0.29) is 18.0 Å². The summed E-state index contributed by atoms with van der Waals surface area (Å²) >= 11 is 0. The van der Waals surface area contributed by atoms with Crippen molar-refractivity contribution < 1.29 is 14.6 Å². The minimum Gasteiger partial charge on any atom is -0.457 e. The zero-order valence-electron chi connectivity index (χ0n) is 19.7. The van der Waals surface area contributed by atoms with Crippen LogP contribution in [-0.2, 0) is 13.6 Å². The summed E-state index contributed by atoms with van der Waals surface area (Å²) in [5, 5.41) is 15.6. The van der Waals surface area contributed by atoms with Crippen LogP contribution in [0.1, 0.15) is 28.8 Å². The monoisotopic (exact) mass is 473 g/mol. The molecule has 1 aliphatic rings. The van der Waals surface area contributed by atoms with Crippen molar-refractivity contribution in [2.24, 2.45) is 7.05 Å². The maximum atomic E-state index is 13.0. The van der Waals surface area contributed by atoms with Crippen LogP contribution in [0.25, 0.3) is 11.0 Å². The number of aryl methyl sites for hydroxylation is 2. The minimum absolute atomic E-state index is 0.0928. The van der Waals surface area contributed by atoms with Crippen LogP contribution in [0.4, 0.5) is 0 Å². The molecule has 1 fully saturated rings. The number of amides is 1. The van der Waals surface area contributed by atoms with Gasteiger partial charge in [-0.15, -0.1) is 0 Å². The number of rotatable bonds is 5. The van der Waals surface area contributed by atoms with Crippen molar-refractivity contribution in [2.45, 2.75) is 31.9 Å². The molecule has 5 rings (SSSR count). The van der Waals surface area contributed by atoms with Crippen molar-refractivity contribution in [3.05, 3.63) is 82.5 Å². The number of piperidine rings is 1. The van der Waals surface area contributed by atoms with Gasteiger partial charge in [0.05, 0.1) is 18.3 Å². The predicted octanol–water partition coefficient (Wildman–Crippen LogP) is 2.90. The zero-order valence-corrected chi connectivity index (χ0v) is 19.7. The fourth-order valence-electron chi connectivity index (χ4n) is 4.44. The van der Waals surface area contributed by atoms with Crippen LogP contribution in [0.5, 0.6) is 11.5 Å². The Bertz CT molecular complexity index is 1430. The molecule has 0 unspecified atom stereocenters. The largest absolute Gasteiger partial charge is 0.457 e. The van der Waals surface area contributed by atoms with Crippen LogP contribution >= 0.6 is 0 Å². The third-order valence-electron chi connectivity index (χ3n) is 6.49. The average molecular weight is 474 g/mol. The Morgan fingerprint density at radius 1 is 1.11 bits per heavy atom. The number of hydrogen-bond donors (Lipinski definition) is 1. The van der Waals surface area contributed by atoms with E-state index in [1.165, 1.54) is 17.1 Å². The number of likely N-dealkylation sites (tertiary alicyclic amines) is 1. The average Bonchev–Trinajstić information content (AvgIpc) is 3.23. The summed E-state index contributed by atoms with van der Waals surface area (Å²) in [7, 11) is 1.73. The molecule has 2 aromatic heterocycles. The summed E-state index contributed by atoms with van der Waals surface area (Å²) in [6.45, 7) is 2.92. The highest BCUT2D eigenvalue weighted by Crippen LogP contribution is 2.26. The third-order valence-corrected chi connectivity index (χ3v) is 6.49. The molecule has 9 heteroatoms. The molecule has 0 aliphatic carbocycles. The van der Waals surface area contributed by atoms with Crippen LogP contribution in [0, 0.1) is 6.92 Å². The molecule has 0 saturated carbocycles. The lowest BCUT2D eigenvalue weighted by atomic mass is 9.91. The Morgan fingerprint density at radius 2 is 1.86 bits per heavy atom. The second-order valence-electron chi connectivity index (χ2n) is 9.14. The van der Waals surface area contributed by atoms with Gasteiger partial charge in [0.1, 0.15) is 23.2 Å². The molecule has 4 aromatic rings. The molecule has 180 valence electrons. The van der Waals surface area contributed by atoms with E-state index in [9.17, 15) is 14.7 Å². The van der Waals surface area contributed by atoms with Gasteiger partial charge in [-0.25, -0.2) is 4.98 Å². The highest BCUT2D eigenvalue weighted by Gasteiger charge is 2.35. The maximum Gasteiger partial charge on any atom is 0.264 e. The van der Waals surface area contributed by atoms with Crippen LogP contribution in [-0.4, -0.2) is 53.9 Å². The van der Waals surface area contributed by atoms with Crippen LogP contribution in [0.3, 0.4) is 0 Å². The number of fused-ring (bicyclic) bond motifs is 1. The summed E-state index contributed by atoms with van der Waals surface area (Å²) in [6.07, 6.45) is 3.67. The highest BCUT2D eigenvalue weighted by molar-refractivity contribution is 5.94. The number of aromatic nitrogens is 4. The molecule has 0 radical (unpaired) electrons. The first kappa shape index (κ1) is 22.8. The van der Waals surface area contributed by atoms with E-state index in [1.807, 2.05) is 31.2 Å². The quantitative estimate of drug-likeness (QED) is 0.478. The van der Waals surface area contributed by atoms with Gasteiger partial charge in [-0.2, -0.15) is 5.10 Å². The van der Waals surface area contributed by atoms with E-state index in [4.69, 9.17) is 4.74 Å². The Kier molecular flexibility index (Phi) is 5.86. The maximum absolute atomic E-state index is 13.0. The topological polar surface area (TPSA) is 102 Å². The summed E-state index contributed by atoms with van der Waals surface area (Å²) in [5.74, 6) is 1.31. The molecular formula is C26H27N5O4. The molecule has 1 N–H and O–H groups in total. The second kappa shape index (κ2) is 8.99. The number of carbonyl (C=O) groups excluding carboxylic acids is 1. The van der Waals surface area contributed by atoms with Crippen LogP contribution < -0.4 is 10.3 Å². The first-order chi connectivity index (χ1) is 16.8. The Hall–Kier alpha value is -3.98. The van der Waals surface area contributed by atoms with E-state index in [0.717, 1.165) is 11.3 Å². The molecule has 1 amide bonds. The van der Waals surface area contributed by atoms with E-state index in [1.54, 1.807) is 40.9 Å². The van der Waals surface area contributed by atoms with Crippen molar-refractivity contribution in [1.82, 2.24) is 24.2 Å². The summed E-state index contributed by atoms with van der Waals surface area (Å²) < 4.78 is 8.83. The van der Waals surface area contributed by atoms with Crippen molar-refractivity contribution in [3.63, 3.8) is 0 Å². The van der Waals surface area contributed by atoms with Gasteiger partial charge in [-0.1, -0.05) is 12.1 Å². The molecular weight excluding hydrogens is 446 g/mol. The second-order valence-corrected chi connectivity index (χ2v) is 9.14. The number of aliphatic hydroxyl groups is 1. The molecule has 35 heavy (non-hydrogen) atoms. The number of benzene rings is 2. The Labute approximate surface area is 202 Å². The van der Waals surface area contributed by atoms with E-state index in [0.29, 0.717) is 48.3 Å². The molecule has 1 aliphatic heterocycles. The molecule has 0 atom stereocenters. The molecule has 9 nitrogen and oxygen atoms in total. The number of hydrogen-bond acceptors (Lipinski definition) is 6. The lowest BCUT2D eigenvalue weighted by molar-refractivity contribution is -0.0299. The van der Waals surface area contributed by atoms with Gasteiger partial charge in [0.15, 0.2) is 5.65 Å². The fraction of sp³-hybridized carbons (Fsp3) is 0.308. The van der Waals surface area contributed by atoms with Gasteiger partial charge >= 0.3 is 0 Å². The van der Waals surface area contributed by atoms with Gasteiger partial charge in [0.25, 0.3) is 11.5 Å². The first-order valence-electron chi connectivity index (χ1n) is 11.5. The van der Waals surface area contributed by atoms with Crippen molar-refractivity contribution in [1.29, 1.82) is 0 Å². The van der Waals surface area contributed by atoms with E-state index < -0.39 is 5.60 Å². The Morgan fingerprint density at radius 3 is 2.57 bits per heavy atom. The first-order valence-corrected chi connectivity index (χ1v) is 11.5. The third kappa shape index (κ3) is 4.67. The van der Waals surface area contributed by atoms with Gasteiger partial charge < -0.3 is 14.7 Å². The highest BCUT2D eigenvalue weighted by atomic mass is 16.5. The predicted molar refractivity (Wildman–Crippen MR) is 131 cm³/mol. The van der Waals surface area contributed by atoms with Gasteiger partial charge in [0.2, 0.25) is 0 Å². The molecule has 1 saturated heterocycles. The van der Waals surface area contributed by atoms with Crippen LogP contribution in [0.2, 0.25) is 0 Å². The zero-order chi connectivity index (χ0) is 24.6. The lowest BCUT2D eigenvalue weighted by Crippen LogP contribution is -2.49. The van der Waals surface area contributed by atoms with Crippen molar-refractivity contribution in [3.8, 4) is 11.5 Å². The van der Waals surface area contributed by atoms with Gasteiger partial charge in [0, 0.05) is 25.7 Å². The van der Waals surface area contributed by atoms with Crippen molar-refractivity contribution >= 4 is 16.9 Å². The van der Waals surface area contributed by atoms with Gasteiger partial charge in [-0.3, -0.25) is 18.8 Å². The number of ether oxygens (including phenoxy) is 1. The molecule has 2 aromatic carbocycles. The van der Waals surface area contributed by atoms with Crippen LogP contribution in [0.15, 0.2) is 65.8 Å². The molecule has 0 bridgehead atoms. The minimum atomic E-state index is -1.09. The Balaban J connectivity index is 1.21. The normalized spacial score (nSPS) is 15.3. The van der Waals surface area contributed by atoms with Gasteiger partial charge in [-0.05, 0) is 61.7 Å². The standard InChI is InChI=1S/C26H27N5O4/c1-18-4-3-5-21(14-18)35-20-8-6-19(7-9-20)24(32)30-12-10-26(34,11-13-30)16-31-17-27-23-22(25(31)33)15-28-29(23)2/h3-9,14-15,17,34H,10-13,16H2,1-2H3. The van der Waals surface area contributed by atoms with E-state index in [2.05, 4.69) is 10.1 Å². The van der Waals surface area contributed by atoms with E-state index >= 15 is 0 Å². The summed E-state index contributed by atoms with van der Waals surface area (Å²) in [4.78, 5) is 31.8. The smallest absolute Gasteiger partial charge is 0.264 e. The SMILES string of the molecule is Cc1cccc(Oc2ccc(C(=O)N3CCC(O)(Cn4cnc5c(cnn5C)c4=O)CC3)cc2)c1. The molecule has 0 spiro atoms. The number of carbonyl (C=O) groups is 1. The summed E-state index contributed by atoms with van der Waals surface area (Å²) in [6, 6.07) is 14.8. The fourth-order valence-corrected chi connectivity index (χ4v) is 4.44. The van der Waals surface area contributed by atoms with Crippen molar-refractivity contribution in [2.75, 3.05) is 13.1 Å².